The quantitative estimate of drug-likeness (QED) is 0.279. The number of carboxylic acids is 1. The van der Waals surface area contributed by atoms with Crippen LogP contribution in [0.3, 0.4) is 0 Å². The standard InChI is InChI=1S/C9H18N4O4S/c1-4(12-8(15)5(11)2-10)7(14)13-6(3-18)9(16)17/h4-6,18H,2-3,10-11H2,1H3,(H,12,15)(H,13,14)(H,16,17)/t4-,5-,6-/m0/s1. The molecule has 0 aliphatic carbocycles. The van der Waals surface area contributed by atoms with Crippen LogP contribution in [0.4, 0.5) is 0 Å². The Morgan fingerprint density at radius 1 is 1.28 bits per heavy atom. The first-order valence-corrected chi connectivity index (χ1v) is 5.86. The Morgan fingerprint density at radius 2 is 1.83 bits per heavy atom. The normalized spacial score (nSPS) is 15.3. The maximum absolute atomic E-state index is 11.6. The maximum atomic E-state index is 11.6. The Kier molecular flexibility index (Phi) is 7.32. The van der Waals surface area contributed by atoms with Gasteiger partial charge in [-0.15, -0.1) is 0 Å². The van der Waals surface area contributed by atoms with Gasteiger partial charge < -0.3 is 27.2 Å². The van der Waals surface area contributed by atoms with E-state index in [1.54, 1.807) is 0 Å². The summed E-state index contributed by atoms with van der Waals surface area (Å²) in [7, 11) is 0. The lowest BCUT2D eigenvalue weighted by molar-refractivity contribution is -0.141. The van der Waals surface area contributed by atoms with Crippen molar-refractivity contribution in [2.24, 2.45) is 11.5 Å². The van der Waals surface area contributed by atoms with E-state index in [1.807, 2.05) is 0 Å². The number of carboxylic acid groups (broad SMARTS) is 1. The lowest BCUT2D eigenvalue weighted by atomic mass is 10.2. The van der Waals surface area contributed by atoms with Crippen LogP contribution in [-0.2, 0) is 14.4 Å². The van der Waals surface area contributed by atoms with Gasteiger partial charge in [0.25, 0.3) is 0 Å². The lowest BCUT2D eigenvalue weighted by Crippen LogP contribution is -2.54. The first kappa shape index (κ1) is 16.7. The van der Waals surface area contributed by atoms with Crippen LogP contribution in [0, 0.1) is 0 Å². The minimum atomic E-state index is -1.20. The van der Waals surface area contributed by atoms with Crippen molar-refractivity contribution in [3.8, 4) is 0 Å². The molecule has 0 rings (SSSR count). The zero-order valence-electron chi connectivity index (χ0n) is 9.92. The number of nitrogens with two attached hydrogens (primary N) is 2. The second-order valence-electron chi connectivity index (χ2n) is 3.65. The average molecular weight is 278 g/mol. The summed E-state index contributed by atoms with van der Waals surface area (Å²) in [4.78, 5) is 33.6. The van der Waals surface area contributed by atoms with E-state index in [-0.39, 0.29) is 12.3 Å². The minimum Gasteiger partial charge on any atom is -0.480 e. The van der Waals surface area contributed by atoms with Crippen LogP contribution in [-0.4, -0.2) is 53.3 Å². The van der Waals surface area contributed by atoms with Crippen molar-refractivity contribution in [2.45, 2.75) is 25.0 Å². The monoisotopic (exact) mass is 278 g/mol. The van der Waals surface area contributed by atoms with E-state index in [9.17, 15) is 14.4 Å². The van der Waals surface area contributed by atoms with E-state index in [2.05, 4.69) is 23.3 Å². The molecule has 0 aromatic carbocycles. The second-order valence-corrected chi connectivity index (χ2v) is 4.02. The number of amides is 2. The Morgan fingerprint density at radius 3 is 2.22 bits per heavy atom. The molecule has 0 bridgehead atoms. The Hall–Kier alpha value is -1.32. The van der Waals surface area contributed by atoms with Gasteiger partial charge in [-0.2, -0.15) is 12.6 Å². The molecular weight excluding hydrogens is 260 g/mol. The van der Waals surface area contributed by atoms with Crippen LogP contribution in [0.1, 0.15) is 6.92 Å². The largest absolute Gasteiger partial charge is 0.480 e. The number of thiol groups is 1. The van der Waals surface area contributed by atoms with Gasteiger partial charge in [-0.05, 0) is 6.92 Å². The summed E-state index contributed by atoms with van der Waals surface area (Å²) in [5.41, 5.74) is 10.6. The number of hydrogen-bond donors (Lipinski definition) is 6. The molecule has 0 heterocycles. The predicted molar refractivity (Wildman–Crippen MR) is 68.1 cm³/mol. The number of rotatable bonds is 7. The van der Waals surface area contributed by atoms with Crippen molar-refractivity contribution in [2.75, 3.05) is 12.3 Å². The molecule has 0 aliphatic rings. The molecule has 7 N–H and O–H groups in total. The molecule has 0 unspecified atom stereocenters. The van der Waals surface area contributed by atoms with Gasteiger partial charge in [0, 0.05) is 12.3 Å². The van der Waals surface area contributed by atoms with Gasteiger partial charge in [-0.25, -0.2) is 4.79 Å². The fourth-order valence-corrected chi connectivity index (χ4v) is 1.22. The van der Waals surface area contributed by atoms with Gasteiger partial charge in [0.1, 0.15) is 12.1 Å². The molecule has 3 atom stereocenters. The number of hydrogen-bond acceptors (Lipinski definition) is 6. The van der Waals surface area contributed by atoms with E-state index in [4.69, 9.17) is 16.6 Å². The molecule has 0 fully saturated rings. The van der Waals surface area contributed by atoms with Crippen molar-refractivity contribution in [1.29, 1.82) is 0 Å². The van der Waals surface area contributed by atoms with Crippen molar-refractivity contribution < 1.29 is 19.5 Å². The molecule has 0 saturated carbocycles. The molecule has 0 aliphatic heterocycles. The first-order valence-electron chi connectivity index (χ1n) is 5.23. The molecular formula is C9H18N4O4S. The van der Waals surface area contributed by atoms with Crippen molar-refractivity contribution in [1.82, 2.24) is 10.6 Å². The van der Waals surface area contributed by atoms with Gasteiger partial charge in [-0.3, -0.25) is 9.59 Å². The van der Waals surface area contributed by atoms with Crippen LogP contribution in [0.25, 0.3) is 0 Å². The maximum Gasteiger partial charge on any atom is 0.327 e. The topological polar surface area (TPSA) is 148 Å². The number of nitrogens with one attached hydrogen (secondary N) is 2. The SMILES string of the molecule is C[C@H](NC(=O)[C@@H](N)CN)C(=O)N[C@@H](CS)C(=O)O. The molecule has 9 heteroatoms. The smallest absolute Gasteiger partial charge is 0.327 e. The molecule has 2 amide bonds. The number of carbonyl (C=O) groups excluding carboxylic acids is 2. The third-order valence-corrected chi connectivity index (χ3v) is 2.51. The summed E-state index contributed by atoms with van der Waals surface area (Å²) in [6.45, 7) is 1.36. The third kappa shape index (κ3) is 5.34. The molecule has 104 valence electrons. The van der Waals surface area contributed by atoms with Crippen molar-refractivity contribution >= 4 is 30.4 Å². The minimum absolute atomic E-state index is 0.0471. The molecule has 0 spiro atoms. The number of carbonyl (C=O) groups is 3. The summed E-state index contributed by atoms with van der Waals surface area (Å²) in [5.74, 6) is -2.45. The fourth-order valence-electron chi connectivity index (χ4n) is 0.975. The van der Waals surface area contributed by atoms with Crippen molar-refractivity contribution in [3.05, 3.63) is 0 Å². The summed E-state index contributed by atoms with van der Waals surface area (Å²) in [5, 5.41) is 13.3. The first-order chi connectivity index (χ1) is 8.33. The highest BCUT2D eigenvalue weighted by molar-refractivity contribution is 7.80. The highest BCUT2D eigenvalue weighted by atomic mass is 32.1. The van der Waals surface area contributed by atoms with E-state index in [0.717, 1.165) is 0 Å². The van der Waals surface area contributed by atoms with E-state index in [1.165, 1.54) is 6.92 Å². The van der Waals surface area contributed by atoms with Crippen LogP contribution >= 0.6 is 12.6 Å². The molecule has 0 aromatic rings. The highest BCUT2D eigenvalue weighted by Gasteiger charge is 2.23. The summed E-state index contributed by atoms with van der Waals surface area (Å²) < 4.78 is 0. The van der Waals surface area contributed by atoms with E-state index >= 15 is 0 Å². The highest BCUT2D eigenvalue weighted by Crippen LogP contribution is 1.91. The average Bonchev–Trinajstić information content (AvgIpc) is 2.33. The van der Waals surface area contributed by atoms with Gasteiger partial charge in [0.05, 0.1) is 6.04 Å². The molecule has 18 heavy (non-hydrogen) atoms. The lowest BCUT2D eigenvalue weighted by Gasteiger charge is -2.18. The predicted octanol–water partition coefficient (Wildman–Crippen LogP) is -2.72. The molecule has 0 saturated heterocycles. The molecule has 8 nitrogen and oxygen atoms in total. The van der Waals surface area contributed by atoms with Crippen LogP contribution in [0.2, 0.25) is 0 Å². The van der Waals surface area contributed by atoms with Gasteiger partial charge in [-0.1, -0.05) is 0 Å². The van der Waals surface area contributed by atoms with E-state index in [0.29, 0.717) is 0 Å². The van der Waals surface area contributed by atoms with Crippen molar-refractivity contribution in [3.63, 3.8) is 0 Å². The second kappa shape index (κ2) is 7.90. The van der Waals surface area contributed by atoms with Crippen LogP contribution in [0.5, 0.6) is 0 Å². The van der Waals surface area contributed by atoms with Crippen LogP contribution in [0.15, 0.2) is 0 Å². The zero-order chi connectivity index (χ0) is 14.3. The van der Waals surface area contributed by atoms with Gasteiger partial charge in [0.15, 0.2) is 0 Å². The molecule has 0 aromatic heterocycles. The summed E-state index contributed by atoms with van der Waals surface area (Å²) in [6, 6.07) is -2.92. The Labute approximate surface area is 110 Å². The van der Waals surface area contributed by atoms with Gasteiger partial charge in [0.2, 0.25) is 11.8 Å². The summed E-state index contributed by atoms with van der Waals surface area (Å²) in [6.07, 6.45) is 0. The van der Waals surface area contributed by atoms with Gasteiger partial charge >= 0.3 is 5.97 Å². The Balaban J connectivity index is 4.34. The zero-order valence-corrected chi connectivity index (χ0v) is 10.8. The van der Waals surface area contributed by atoms with Crippen LogP contribution < -0.4 is 22.1 Å². The Bertz CT molecular complexity index is 326. The summed E-state index contributed by atoms with van der Waals surface area (Å²) >= 11 is 3.80. The number of aliphatic carboxylic acids is 1. The van der Waals surface area contributed by atoms with E-state index < -0.39 is 35.9 Å². The fraction of sp³-hybridized carbons (Fsp3) is 0.667. The third-order valence-electron chi connectivity index (χ3n) is 2.14. The molecule has 0 radical (unpaired) electrons.